The predicted octanol–water partition coefficient (Wildman–Crippen LogP) is 11.2. The molecule has 0 fully saturated rings. The van der Waals surface area contributed by atoms with Gasteiger partial charge >= 0.3 is 5.97 Å². The molecule has 1 N–H and O–H groups in total. The molecule has 204 valence electrons. The summed E-state index contributed by atoms with van der Waals surface area (Å²) in [7, 11) is 0. The second kappa shape index (κ2) is 30.9. The fraction of sp³-hybridized carbons (Fsp3) is 0.618. The molecule has 0 amide bonds. The van der Waals surface area contributed by atoms with Gasteiger partial charge in [-0.1, -0.05) is 144 Å². The van der Waals surface area contributed by atoms with Crippen LogP contribution >= 0.6 is 0 Å². The van der Waals surface area contributed by atoms with E-state index in [0.717, 1.165) is 51.4 Å². The van der Waals surface area contributed by atoms with E-state index in [1.807, 2.05) is 0 Å². The molecule has 0 unspecified atom stereocenters. The minimum absolute atomic E-state index is 0.333. The Kier molecular flexibility index (Phi) is 29.1. The zero-order valence-electron chi connectivity index (χ0n) is 23.4. The summed E-state index contributed by atoms with van der Waals surface area (Å²) in [6, 6.07) is 0. The van der Waals surface area contributed by atoms with Crippen LogP contribution < -0.4 is 0 Å². The van der Waals surface area contributed by atoms with Gasteiger partial charge in [0.2, 0.25) is 0 Å². The van der Waals surface area contributed by atoms with Crippen molar-refractivity contribution in [2.45, 2.75) is 135 Å². The molecule has 0 aromatic rings. The van der Waals surface area contributed by atoms with Crippen LogP contribution in [0.4, 0.5) is 0 Å². The number of hydrogen-bond acceptors (Lipinski definition) is 1. The average molecular weight is 497 g/mol. The van der Waals surface area contributed by atoms with Crippen LogP contribution in [0.1, 0.15) is 135 Å². The van der Waals surface area contributed by atoms with Gasteiger partial charge in [-0.3, -0.25) is 4.79 Å². The Morgan fingerprint density at radius 3 is 1.11 bits per heavy atom. The third-order valence-corrected chi connectivity index (χ3v) is 6.11. The topological polar surface area (TPSA) is 37.3 Å². The molecule has 0 atom stereocenters. The van der Waals surface area contributed by atoms with E-state index in [-0.39, 0.29) is 0 Å². The quantitative estimate of drug-likeness (QED) is 0.0954. The van der Waals surface area contributed by atoms with E-state index in [0.29, 0.717) is 6.42 Å². The first kappa shape index (κ1) is 33.9. The van der Waals surface area contributed by atoms with Crippen molar-refractivity contribution in [2.24, 2.45) is 0 Å². The molecule has 0 bridgehead atoms. The van der Waals surface area contributed by atoms with Gasteiger partial charge in [-0.2, -0.15) is 0 Å². The minimum Gasteiger partial charge on any atom is -0.481 e. The molecule has 0 rings (SSSR count). The molecule has 0 saturated heterocycles. The Labute approximate surface area is 224 Å². The van der Waals surface area contributed by atoms with Crippen LogP contribution in [0.5, 0.6) is 0 Å². The highest BCUT2D eigenvalue weighted by Crippen LogP contribution is 2.13. The zero-order valence-corrected chi connectivity index (χ0v) is 23.4. The molecule has 0 aromatic carbocycles. The molecule has 0 aliphatic carbocycles. The number of rotatable bonds is 26. The number of carboxylic acid groups (broad SMARTS) is 1. The third kappa shape index (κ3) is 31.9. The summed E-state index contributed by atoms with van der Waals surface area (Å²) < 4.78 is 0. The lowest BCUT2D eigenvalue weighted by atomic mass is 10.0. The van der Waals surface area contributed by atoms with Gasteiger partial charge in [-0.05, 0) is 57.8 Å². The van der Waals surface area contributed by atoms with Crippen LogP contribution in [0.15, 0.2) is 72.9 Å². The Hall–Kier alpha value is -2.09. The lowest BCUT2D eigenvalue weighted by Crippen LogP contribution is -1.93. The number of carboxylic acids is 1. The predicted molar refractivity (Wildman–Crippen MR) is 160 cm³/mol. The summed E-state index contributed by atoms with van der Waals surface area (Å²) in [6.07, 6.45) is 50.1. The van der Waals surface area contributed by atoms with Gasteiger partial charge in [-0.15, -0.1) is 0 Å². The van der Waals surface area contributed by atoms with Crippen molar-refractivity contribution in [2.75, 3.05) is 0 Å². The second-order valence-electron chi connectivity index (χ2n) is 9.59. The van der Waals surface area contributed by atoms with Gasteiger partial charge in [0.25, 0.3) is 0 Å². The first-order valence-corrected chi connectivity index (χ1v) is 14.9. The Bertz CT molecular complexity index is 634. The first-order valence-electron chi connectivity index (χ1n) is 14.9. The summed E-state index contributed by atoms with van der Waals surface area (Å²) in [5.74, 6) is -0.660. The highest BCUT2D eigenvalue weighted by atomic mass is 16.4. The Morgan fingerprint density at radius 1 is 0.444 bits per heavy atom. The molecule has 36 heavy (non-hydrogen) atoms. The molecule has 0 radical (unpaired) electrons. The highest BCUT2D eigenvalue weighted by Gasteiger charge is 1.97. The number of hydrogen-bond donors (Lipinski definition) is 1. The summed E-state index contributed by atoms with van der Waals surface area (Å²) in [5, 5.41) is 8.61. The third-order valence-electron chi connectivity index (χ3n) is 6.11. The normalized spacial score (nSPS) is 12.7. The molecular weight excluding hydrogens is 440 g/mol. The maximum Gasteiger partial charge on any atom is 0.303 e. The van der Waals surface area contributed by atoms with Gasteiger partial charge < -0.3 is 5.11 Å². The molecule has 2 heteroatoms. The van der Waals surface area contributed by atoms with Crippen LogP contribution in [-0.2, 0) is 4.79 Å². The summed E-state index contributed by atoms with van der Waals surface area (Å²) >= 11 is 0. The monoisotopic (exact) mass is 496 g/mol. The number of allylic oxidation sites excluding steroid dienone is 12. The van der Waals surface area contributed by atoms with Crippen LogP contribution in [-0.4, -0.2) is 11.1 Å². The van der Waals surface area contributed by atoms with E-state index in [4.69, 9.17) is 5.11 Å². The molecule has 0 aromatic heterocycles. The maximum atomic E-state index is 10.5. The summed E-state index contributed by atoms with van der Waals surface area (Å²) in [6.45, 7) is 2.16. The SMILES string of the molecule is CCC=CCC=CCC=CCC=CCC=CCC=CCCCCCCCCCCCCCCC(=O)O. The van der Waals surface area contributed by atoms with Crippen molar-refractivity contribution in [3.8, 4) is 0 Å². The van der Waals surface area contributed by atoms with Crippen molar-refractivity contribution in [1.82, 2.24) is 0 Å². The van der Waals surface area contributed by atoms with Gasteiger partial charge in [0.05, 0.1) is 0 Å². The van der Waals surface area contributed by atoms with Crippen molar-refractivity contribution in [3.63, 3.8) is 0 Å². The minimum atomic E-state index is -0.660. The first-order chi connectivity index (χ1) is 17.8. The van der Waals surface area contributed by atoms with Crippen LogP contribution in [0.2, 0.25) is 0 Å². The van der Waals surface area contributed by atoms with E-state index in [1.165, 1.54) is 70.6 Å². The van der Waals surface area contributed by atoms with Gasteiger partial charge in [0, 0.05) is 6.42 Å². The van der Waals surface area contributed by atoms with Crippen molar-refractivity contribution >= 4 is 5.97 Å². The van der Waals surface area contributed by atoms with Crippen molar-refractivity contribution in [1.29, 1.82) is 0 Å². The number of aliphatic carboxylic acids is 1. The van der Waals surface area contributed by atoms with E-state index in [1.54, 1.807) is 0 Å². The smallest absolute Gasteiger partial charge is 0.303 e. The van der Waals surface area contributed by atoms with Crippen LogP contribution in [0, 0.1) is 0 Å². The highest BCUT2D eigenvalue weighted by molar-refractivity contribution is 5.66. The van der Waals surface area contributed by atoms with Gasteiger partial charge in [-0.25, -0.2) is 0 Å². The molecule has 0 saturated carbocycles. The lowest BCUT2D eigenvalue weighted by molar-refractivity contribution is -0.137. The zero-order chi connectivity index (χ0) is 26.2. The fourth-order valence-electron chi connectivity index (χ4n) is 3.95. The van der Waals surface area contributed by atoms with Crippen LogP contribution in [0.3, 0.4) is 0 Å². The Morgan fingerprint density at radius 2 is 0.750 bits per heavy atom. The van der Waals surface area contributed by atoms with Crippen LogP contribution in [0.25, 0.3) is 0 Å². The van der Waals surface area contributed by atoms with Gasteiger partial charge in [0.1, 0.15) is 0 Å². The summed E-state index contributed by atoms with van der Waals surface area (Å²) in [4.78, 5) is 10.5. The van der Waals surface area contributed by atoms with E-state index >= 15 is 0 Å². The largest absolute Gasteiger partial charge is 0.481 e. The maximum absolute atomic E-state index is 10.5. The molecule has 0 aliphatic heterocycles. The van der Waals surface area contributed by atoms with Gasteiger partial charge in [0.15, 0.2) is 0 Å². The van der Waals surface area contributed by atoms with E-state index < -0.39 is 5.97 Å². The fourth-order valence-corrected chi connectivity index (χ4v) is 3.95. The molecule has 0 aliphatic rings. The number of unbranched alkanes of at least 4 members (excludes halogenated alkanes) is 12. The lowest BCUT2D eigenvalue weighted by Gasteiger charge is -2.02. The average Bonchev–Trinajstić information content (AvgIpc) is 2.87. The van der Waals surface area contributed by atoms with E-state index in [2.05, 4.69) is 79.8 Å². The summed E-state index contributed by atoms with van der Waals surface area (Å²) in [5.41, 5.74) is 0. The number of carbonyl (C=O) groups is 1. The van der Waals surface area contributed by atoms with Crippen molar-refractivity contribution in [3.05, 3.63) is 72.9 Å². The molecule has 2 nitrogen and oxygen atoms in total. The van der Waals surface area contributed by atoms with Crippen molar-refractivity contribution < 1.29 is 9.90 Å². The standard InChI is InChI=1S/C34H56O2/c1-2-3-4-5-6-7-8-9-10-11-12-13-14-15-16-17-18-19-20-21-22-23-24-25-26-27-28-29-30-31-32-33-34(35)36/h3-4,6-7,9-10,12-13,15-16,18-19H,2,5,8,11,14,17,20-33H2,1H3,(H,35,36). The Balaban J connectivity index is 3.33. The molecule has 0 spiro atoms. The van der Waals surface area contributed by atoms with E-state index in [9.17, 15) is 4.79 Å². The molecular formula is C34H56O2. The molecule has 0 heterocycles. The second-order valence-corrected chi connectivity index (χ2v) is 9.59.